The van der Waals surface area contributed by atoms with E-state index >= 15 is 0 Å². The molecular formula is C10H18O2. The maximum atomic E-state index is 11.1. The molecule has 0 aromatic heterocycles. The Bertz CT molecular complexity index is 159. The fourth-order valence-electron chi connectivity index (χ4n) is 0.727. The molecule has 2 heteroatoms. The van der Waals surface area contributed by atoms with Gasteiger partial charge in [-0.1, -0.05) is 40.3 Å². The molecule has 0 aliphatic carbocycles. The first-order valence-corrected chi connectivity index (χ1v) is 4.32. The van der Waals surface area contributed by atoms with E-state index < -0.39 is 0 Å². The van der Waals surface area contributed by atoms with Crippen LogP contribution in [0, 0.1) is 11.8 Å². The summed E-state index contributed by atoms with van der Waals surface area (Å²) in [6.07, 6.45) is 1.52. The van der Waals surface area contributed by atoms with Crippen molar-refractivity contribution < 1.29 is 9.53 Å². The van der Waals surface area contributed by atoms with Gasteiger partial charge < -0.3 is 4.74 Å². The molecule has 0 aliphatic heterocycles. The fourth-order valence-corrected chi connectivity index (χ4v) is 0.727. The predicted molar refractivity (Wildman–Crippen MR) is 49.8 cm³/mol. The molecule has 1 atom stereocenters. The van der Waals surface area contributed by atoms with Crippen LogP contribution in [0.25, 0.3) is 0 Å². The van der Waals surface area contributed by atoms with Crippen molar-refractivity contribution in [2.24, 2.45) is 11.8 Å². The second-order valence-electron chi connectivity index (χ2n) is 3.54. The number of ether oxygens (including phenoxy) is 1. The normalized spacial score (nSPS) is 13.2. The van der Waals surface area contributed by atoms with Crippen molar-refractivity contribution in [2.45, 2.75) is 33.8 Å². The highest BCUT2D eigenvalue weighted by Gasteiger charge is 2.16. The summed E-state index contributed by atoms with van der Waals surface area (Å²) in [6, 6.07) is 0. The largest absolute Gasteiger partial charge is 0.458 e. The van der Waals surface area contributed by atoms with Crippen LogP contribution in [0.4, 0.5) is 0 Å². The van der Waals surface area contributed by atoms with Gasteiger partial charge in [-0.15, -0.1) is 0 Å². The van der Waals surface area contributed by atoms with Gasteiger partial charge in [0.1, 0.15) is 6.10 Å². The first-order chi connectivity index (χ1) is 5.49. The average molecular weight is 170 g/mol. The molecule has 2 nitrogen and oxygen atoms in total. The standard InChI is InChI=1S/C10H18O2/c1-6-9(7(2)3)12-10(11)8(4)5/h6-9H,1H2,2-5H3. The number of rotatable bonds is 4. The Balaban J connectivity index is 4.03. The van der Waals surface area contributed by atoms with E-state index in [1.165, 1.54) is 0 Å². The lowest BCUT2D eigenvalue weighted by molar-refractivity contribution is -0.152. The molecule has 0 rings (SSSR count). The van der Waals surface area contributed by atoms with E-state index in [0.29, 0.717) is 5.92 Å². The molecule has 0 aromatic rings. The van der Waals surface area contributed by atoms with E-state index in [1.54, 1.807) is 6.08 Å². The van der Waals surface area contributed by atoms with Gasteiger partial charge in [-0.2, -0.15) is 0 Å². The fraction of sp³-hybridized carbons (Fsp3) is 0.700. The summed E-state index contributed by atoms with van der Waals surface area (Å²) in [6.45, 7) is 11.3. The van der Waals surface area contributed by atoms with E-state index in [9.17, 15) is 4.79 Å². The van der Waals surface area contributed by atoms with Crippen LogP contribution in [0.5, 0.6) is 0 Å². The maximum absolute atomic E-state index is 11.1. The summed E-state index contributed by atoms with van der Waals surface area (Å²) in [5.41, 5.74) is 0. The molecule has 0 saturated carbocycles. The van der Waals surface area contributed by atoms with E-state index in [4.69, 9.17) is 4.74 Å². The summed E-state index contributed by atoms with van der Waals surface area (Å²) < 4.78 is 5.17. The number of carbonyl (C=O) groups is 1. The smallest absolute Gasteiger partial charge is 0.308 e. The number of esters is 1. The van der Waals surface area contributed by atoms with E-state index in [-0.39, 0.29) is 18.0 Å². The Morgan fingerprint density at radius 3 is 2.08 bits per heavy atom. The molecular weight excluding hydrogens is 152 g/mol. The van der Waals surface area contributed by atoms with Crippen LogP contribution in [0.2, 0.25) is 0 Å². The van der Waals surface area contributed by atoms with Gasteiger partial charge in [-0.25, -0.2) is 0 Å². The van der Waals surface area contributed by atoms with Crippen LogP contribution in [-0.4, -0.2) is 12.1 Å². The lowest BCUT2D eigenvalue weighted by Gasteiger charge is -2.18. The van der Waals surface area contributed by atoms with Gasteiger partial charge in [0.15, 0.2) is 0 Å². The Morgan fingerprint density at radius 2 is 1.83 bits per heavy atom. The Kier molecular flexibility index (Phi) is 4.64. The SMILES string of the molecule is C=CC(OC(=O)C(C)C)C(C)C. The van der Waals surface area contributed by atoms with Crippen LogP contribution in [0.15, 0.2) is 12.7 Å². The van der Waals surface area contributed by atoms with E-state index in [0.717, 1.165) is 0 Å². The molecule has 0 amide bonds. The zero-order valence-electron chi connectivity index (χ0n) is 8.33. The molecule has 70 valence electrons. The average Bonchev–Trinajstić information content (AvgIpc) is 1.98. The van der Waals surface area contributed by atoms with Gasteiger partial charge in [-0.05, 0) is 5.92 Å². The molecule has 0 radical (unpaired) electrons. The highest BCUT2D eigenvalue weighted by atomic mass is 16.5. The molecule has 0 saturated heterocycles. The molecule has 0 spiro atoms. The minimum absolute atomic E-state index is 0.0637. The minimum Gasteiger partial charge on any atom is -0.458 e. The van der Waals surface area contributed by atoms with Crippen LogP contribution < -0.4 is 0 Å². The first kappa shape index (κ1) is 11.2. The molecule has 0 N–H and O–H groups in total. The van der Waals surface area contributed by atoms with Crippen molar-refractivity contribution in [3.63, 3.8) is 0 Å². The van der Waals surface area contributed by atoms with Gasteiger partial charge in [0.05, 0.1) is 5.92 Å². The number of hydrogen-bond donors (Lipinski definition) is 0. The van der Waals surface area contributed by atoms with Crippen LogP contribution >= 0.6 is 0 Å². The number of carbonyl (C=O) groups excluding carboxylic acids is 1. The van der Waals surface area contributed by atoms with Gasteiger partial charge in [-0.3, -0.25) is 4.79 Å². The second kappa shape index (κ2) is 4.96. The van der Waals surface area contributed by atoms with Gasteiger partial charge >= 0.3 is 5.97 Å². The second-order valence-corrected chi connectivity index (χ2v) is 3.54. The van der Waals surface area contributed by atoms with Crippen LogP contribution in [0.1, 0.15) is 27.7 Å². The molecule has 0 heterocycles. The molecule has 0 aliphatic rings. The van der Waals surface area contributed by atoms with Gasteiger partial charge in [0.25, 0.3) is 0 Å². The highest BCUT2D eigenvalue weighted by molar-refractivity contribution is 5.71. The quantitative estimate of drug-likeness (QED) is 0.478. The van der Waals surface area contributed by atoms with Crippen molar-refractivity contribution in [3.05, 3.63) is 12.7 Å². The summed E-state index contributed by atoms with van der Waals surface area (Å²) in [5, 5.41) is 0. The Hall–Kier alpha value is -0.790. The van der Waals surface area contributed by atoms with Crippen molar-refractivity contribution in [1.29, 1.82) is 0 Å². The summed E-state index contributed by atoms with van der Waals surface area (Å²) >= 11 is 0. The van der Waals surface area contributed by atoms with Crippen LogP contribution in [-0.2, 0) is 9.53 Å². The van der Waals surface area contributed by atoms with E-state index in [2.05, 4.69) is 6.58 Å². The minimum atomic E-state index is -0.159. The highest BCUT2D eigenvalue weighted by Crippen LogP contribution is 2.10. The van der Waals surface area contributed by atoms with Gasteiger partial charge in [0.2, 0.25) is 0 Å². The third-order valence-electron chi connectivity index (χ3n) is 1.61. The van der Waals surface area contributed by atoms with Gasteiger partial charge in [0, 0.05) is 0 Å². The third-order valence-corrected chi connectivity index (χ3v) is 1.61. The molecule has 12 heavy (non-hydrogen) atoms. The monoisotopic (exact) mass is 170 g/mol. The summed E-state index contributed by atoms with van der Waals surface area (Å²) in [5.74, 6) is 0.0741. The molecule has 0 bridgehead atoms. The lowest BCUT2D eigenvalue weighted by Crippen LogP contribution is -2.23. The van der Waals surface area contributed by atoms with Crippen molar-refractivity contribution >= 4 is 5.97 Å². The molecule has 0 fully saturated rings. The zero-order valence-corrected chi connectivity index (χ0v) is 8.33. The lowest BCUT2D eigenvalue weighted by atomic mass is 10.1. The topological polar surface area (TPSA) is 26.3 Å². The summed E-state index contributed by atoms with van der Waals surface area (Å²) in [4.78, 5) is 11.1. The Morgan fingerprint density at radius 1 is 1.33 bits per heavy atom. The van der Waals surface area contributed by atoms with Crippen molar-refractivity contribution in [3.8, 4) is 0 Å². The Labute approximate surface area is 74.6 Å². The molecule has 1 unspecified atom stereocenters. The molecule has 0 aromatic carbocycles. The van der Waals surface area contributed by atoms with Crippen LogP contribution in [0.3, 0.4) is 0 Å². The van der Waals surface area contributed by atoms with E-state index in [1.807, 2.05) is 27.7 Å². The third kappa shape index (κ3) is 3.56. The van der Waals surface area contributed by atoms with Crippen molar-refractivity contribution in [2.75, 3.05) is 0 Å². The van der Waals surface area contributed by atoms with Crippen molar-refractivity contribution in [1.82, 2.24) is 0 Å². The maximum Gasteiger partial charge on any atom is 0.308 e. The summed E-state index contributed by atoms with van der Waals surface area (Å²) in [7, 11) is 0. The number of hydrogen-bond acceptors (Lipinski definition) is 2. The predicted octanol–water partition coefficient (Wildman–Crippen LogP) is 2.40. The first-order valence-electron chi connectivity index (χ1n) is 4.32. The zero-order chi connectivity index (χ0) is 9.72.